The smallest absolute Gasteiger partial charge is 0.240 e. The van der Waals surface area contributed by atoms with E-state index in [4.69, 9.17) is 0 Å². The molecule has 128 valence electrons. The van der Waals surface area contributed by atoms with Gasteiger partial charge < -0.3 is 15.5 Å². The summed E-state index contributed by atoms with van der Waals surface area (Å²) >= 11 is 0. The number of carbonyl (C=O) groups is 2. The molecular formula is C17H26ClN3O2. The molecule has 2 N–H and O–H groups in total. The van der Waals surface area contributed by atoms with Gasteiger partial charge >= 0.3 is 0 Å². The Morgan fingerprint density at radius 1 is 1.26 bits per heavy atom. The van der Waals surface area contributed by atoms with Gasteiger partial charge in [-0.3, -0.25) is 9.59 Å². The SMILES string of the molecule is CN(CC(=O)NC(C)(C)C)C(=O)C1Cc2ccccc2CN1.Cl. The van der Waals surface area contributed by atoms with Gasteiger partial charge in [-0.15, -0.1) is 12.4 Å². The quantitative estimate of drug-likeness (QED) is 0.877. The third kappa shape index (κ3) is 5.52. The van der Waals surface area contributed by atoms with E-state index in [1.54, 1.807) is 7.05 Å². The average molecular weight is 340 g/mol. The van der Waals surface area contributed by atoms with Crippen molar-refractivity contribution in [1.82, 2.24) is 15.5 Å². The van der Waals surface area contributed by atoms with Gasteiger partial charge in [-0.2, -0.15) is 0 Å². The number of carbonyl (C=O) groups excluding carboxylic acids is 2. The fourth-order valence-corrected chi connectivity index (χ4v) is 2.65. The summed E-state index contributed by atoms with van der Waals surface area (Å²) in [7, 11) is 1.67. The van der Waals surface area contributed by atoms with Crippen molar-refractivity contribution < 1.29 is 9.59 Å². The van der Waals surface area contributed by atoms with Crippen LogP contribution >= 0.6 is 12.4 Å². The molecule has 5 nitrogen and oxygen atoms in total. The predicted molar refractivity (Wildman–Crippen MR) is 93.6 cm³/mol. The molecule has 0 aromatic heterocycles. The highest BCUT2D eigenvalue weighted by Gasteiger charge is 2.27. The van der Waals surface area contributed by atoms with Crippen molar-refractivity contribution in [3.63, 3.8) is 0 Å². The molecule has 0 saturated heterocycles. The number of halogens is 1. The lowest BCUT2D eigenvalue weighted by molar-refractivity contribution is -0.137. The van der Waals surface area contributed by atoms with E-state index in [9.17, 15) is 9.59 Å². The highest BCUT2D eigenvalue weighted by atomic mass is 35.5. The van der Waals surface area contributed by atoms with Crippen molar-refractivity contribution in [3.05, 3.63) is 35.4 Å². The van der Waals surface area contributed by atoms with Gasteiger partial charge in [0.1, 0.15) is 0 Å². The van der Waals surface area contributed by atoms with Gasteiger partial charge in [-0.1, -0.05) is 24.3 Å². The van der Waals surface area contributed by atoms with Gasteiger partial charge in [0.05, 0.1) is 12.6 Å². The van der Waals surface area contributed by atoms with Gasteiger partial charge in [0.25, 0.3) is 0 Å². The minimum Gasteiger partial charge on any atom is -0.350 e. The largest absolute Gasteiger partial charge is 0.350 e. The lowest BCUT2D eigenvalue weighted by Crippen LogP contribution is -2.52. The van der Waals surface area contributed by atoms with Crippen LogP contribution in [-0.2, 0) is 22.6 Å². The zero-order valence-corrected chi connectivity index (χ0v) is 15.0. The standard InChI is InChI=1S/C17H25N3O2.ClH/c1-17(2,3)19-15(21)11-20(4)16(22)14-9-12-7-5-6-8-13(12)10-18-14;/h5-8,14,18H,9-11H2,1-4H3,(H,19,21);1H. The maximum atomic E-state index is 12.5. The molecule has 1 aliphatic heterocycles. The third-order valence-electron chi connectivity index (χ3n) is 3.65. The molecule has 1 atom stereocenters. The minimum atomic E-state index is -0.289. The molecule has 1 aliphatic rings. The monoisotopic (exact) mass is 339 g/mol. The minimum absolute atomic E-state index is 0. The van der Waals surface area contributed by atoms with Crippen molar-refractivity contribution in [2.45, 2.75) is 45.3 Å². The summed E-state index contributed by atoms with van der Waals surface area (Å²) in [5.41, 5.74) is 2.15. The molecule has 0 spiro atoms. The number of nitrogens with one attached hydrogen (secondary N) is 2. The number of hydrogen-bond donors (Lipinski definition) is 2. The van der Waals surface area contributed by atoms with E-state index in [1.807, 2.05) is 32.9 Å². The summed E-state index contributed by atoms with van der Waals surface area (Å²) in [4.78, 5) is 25.9. The van der Waals surface area contributed by atoms with Crippen molar-refractivity contribution in [2.75, 3.05) is 13.6 Å². The Bertz CT molecular complexity index is 569. The van der Waals surface area contributed by atoms with Gasteiger partial charge in [0.2, 0.25) is 11.8 Å². The normalized spacial score (nSPS) is 16.8. The number of rotatable bonds is 3. The summed E-state index contributed by atoms with van der Waals surface area (Å²) in [5, 5.41) is 6.12. The Kier molecular flexibility index (Phi) is 6.59. The van der Waals surface area contributed by atoms with E-state index < -0.39 is 0 Å². The van der Waals surface area contributed by atoms with E-state index in [0.29, 0.717) is 13.0 Å². The maximum absolute atomic E-state index is 12.5. The van der Waals surface area contributed by atoms with Crippen LogP contribution in [0.5, 0.6) is 0 Å². The van der Waals surface area contributed by atoms with Crippen LogP contribution in [0.2, 0.25) is 0 Å². The molecule has 0 aliphatic carbocycles. The van der Waals surface area contributed by atoms with Crippen molar-refractivity contribution in [3.8, 4) is 0 Å². The Balaban J connectivity index is 0.00000264. The first-order valence-corrected chi connectivity index (χ1v) is 7.62. The number of hydrogen-bond acceptors (Lipinski definition) is 3. The van der Waals surface area contributed by atoms with E-state index in [2.05, 4.69) is 22.8 Å². The van der Waals surface area contributed by atoms with Crippen molar-refractivity contribution in [2.24, 2.45) is 0 Å². The van der Waals surface area contributed by atoms with Crippen molar-refractivity contribution in [1.29, 1.82) is 0 Å². The second-order valence-electron chi connectivity index (χ2n) is 6.90. The molecular weight excluding hydrogens is 314 g/mol. The predicted octanol–water partition coefficient (Wildman–Crippen LogP) is 1.50. The van der Waals surface area contributed by atoms with Crippen LogP contribution in [0.3, 0.4) is 0 Å². The molecule has 23 heavy (non-hydrogen) atoms. The number of benzene rings is 1. The molecule has 1 aromatic carbocycles. The summed E-state index contributed by atoms with van der Waals surface area (Å²) in [6.45, 7) is 6.54. The molecule has 2 rings (SSSR count). The number of amides is 2. The topological polar surface area (TPSA) is 61.4 Å². The molecule has 0 radical (unpaired) electrons. The van der Waals surface area contributed by atoms with Gasteiger partial charge in [0.15, 0.2) is 0 Å². The zero-order valence-electron chi connectivity index (χ0n) is 14.2. The van der Waals surface area contributed by atoms with Crippen LogP contribution < -0.4 is 10.6 Å². The van der Waals surface area contributed by atoms with Crippen LogP contribution in [0.15, 0.2) is 24.3 Å². The molecule has 0 bridgehead atoms. The fraction of sp³-hybridized carbons (Fsp3) is 0.529. The maximum Gasteiger partial charge on any atom is 0.240 e. The second-order valence-corrected chi connectivity index (χ2v) is 6.90. The van der Waals surface area contributed by atoms with E-state index >= 15 is 0 Å². The number of nitrogens with zero attached hydrogens (tertiary/aromatic N) is 1. The van der Waals surface area contributed by atoms with E-state index in [0.717, 1.165) is 0 Å². The van der Waals surface area contributed by atoms with Crippen LogP contribution in [0.4, 0.5) is 0 Å². The van der Waals surface area contributed by atoms with Gasteiger partial charge in [0, 0.05) is 19.1 Å². The lowest BCUT2D eigenvalue weighted by atomic mass is 9.95. The highest BCUT2D eigenvalue weighted by Crippen LogP contribution is 2.17. The van der Waals surface area contributed by atoms with Gasteiger partial charge in [-0.25, -0.2) is 0 Å². The molecule has 1 heterocycles. The summed E-state index contributed by atoms with van der Waals surface area (Å²) in [6.07, 6.45) is 0.667. The second kappa shape index (κ2) is 7.79. The van der Waals surface area contributed by atoms with Crippen LogP contribution in [0, 0.1) is 0 Å². The van der Waals surface area contributed by atoms with Crippen LogP contribution in [0.25, 0.3) is 0 Å². The molecule has 6 heteroatoms. The lowest BCUT2D eigenvalue weighted by Gasteiger charge is -2.29. The van der Waals surface area contributed by atoms with Crippen molar-refractivity contribution >= 4 is 24.2 Å². The molecule has 0 saturated carbocycles. The third-order valence-corrected chi connectivity index (χ3v) is 3.65. The van der Waals surface area contributed by atoms with Gasteiger partial charge in [-0.05, 0) is 38.3 Å². The number of likely N-dealkylation sites (N-methyl/N-ethyl adjacent to an activating group) is 1. The molecule has 1 aromatic rings. The Labute approximate surface area is 144 Å². The zero-order chi connectivity index (χ0) is 16.3. The summed E-state index contributed by atoms with van der Waals surface area (Å²) in [6, 6.07) is 7.87. The Hall–Kier alpha value is -1.59. The van der Waals surface area contributed by atoms with E-state index in [1.165, 1.54) is 16.0 Å². The molecule has 0 fully saturated rings. The van der Waals surface area contributed by atoms with E-state index in [-0.39, 0.29) is 42.3 Å². The Morgan fingerprint density at radius 3 is 2.48 bits per heavy atom. The average Bonchev–Trinajstić information content (AvgIpc) is 2.43. The summed E-state index contributed by atoms with van der Waals surface area (Å²) < 4.78 is 0. The first kappa shape index (κ1) is 19.5. The number of fused-ring (bicyclic) bond motifs is 1. The highest BCUT2D eigenvalue weighted by molar-refractivity contribution is 5.88. The summed E-state index contributed by atoms with van der Waals surface area (Å²) in [5.74, 6) is -0.182. The fourth-order valence-electron chi connectivity index (χ4n) is 2.65. The van der Waals surface area contributed by atoms with Crippen LogP contribution in [0.1, 0.15) is 31.9 Å². The first-order valence-electron chi connectivity index (χ1n) is 7.62. The Morgan fingerprint density at radius 2 is 1.87 bits per heavy atom. The van der Waals surface area contributed by atoms with Crippen LogP contribution in [-0.4, -0.2) is 41.9 Å². The first-order chi connectivity index (χ1) is 10.3. The molecule has 1 unspecified atom stereocenters. The molecule has 2 amide bonds.